The number of ether oxygens (including phenoxy) is 2. The summed E-state index contributed by atoms with van der Waals surface area (Å²) in [6.07, 6.45) is 0.821. The standard InChI is InChI=1S/C23H22FN3O5S/c1-31-19-10-13-9-18-21(23(28)25-15-7-8-33(29,30)12-15)26-27(16-5-3-14(24)4-6-16)22(18)17(13)11-20(19)32-2/h3-6,10-11,15H,7-9,12H2,1-2H3,(H,25,28). The number of carbonyl (C=O) groups is 1. The van der Waals surface area contributed by atoms with Crippen molar-refractivity contribution in [3.8, 4) is 28.4 Å². The molecule has 0 radical (unpaired) electrons. The fourth-order valence-corrected chi connectivity index (χ4v) is 6.16. The summed E-state index contributed by atoms with van der Waals surface area (Å²) in [5, 5.41) is 7.39. The van der Waals surface area contributed by atoms with Gasteiger partial charge in [-0.3, -0.25) is 4.79 Å². The van der Waals surface area contributed by atoms with Crippen LogP contribution < -0.4 is 14.8 Å². The molecule has 172 valence electrons. The maximum absolute atomic E-state index is 13.5. The Morgan fingerprint density at radius 3 is 2.48 bits per heavy atom. The van der Waals surface area contributed by atoms with Crippen LogP contribution in [-0.4, -0.2) is 55.9 Å². The van der Waals surface area contributed by atoms with Crippen molar-refractivity contribution >= 4 is 15.7 Å². The first-order chi connectivity index (χ1) is 15.8. The Balaban J connectivity index is 1.61. The van der Waals surface area contributed by atoms with E-state index in [0.29, 0.717) is 41.3 Å². The van der Waals surface area contributed by atoms with Gasteiger partial charge >= 0.3 is 0 Å². The second kappa shape index (κ2) is 7.87. The SMILES string of the molecule is COc1cc2c(cc1OC)-c1c(c(C(=O)NC3CCS(=O)(=O)C3)nn1-c1ccc(F)cc1)C2. The number of fused-ring (bicyclic) bond motifs is 3. The minimum Gasteiger partial charge on any atom is -0.493 e. The molecule has 2 aromatic carbocycles. The highest BCUT2D eigenvalue weighted by atomic mass is 32.2. The van der Waals surface area contributed by atoms with E-state index in [-0.39, 0.29) is 23.0 Å². The van der Waals surface area contributed by atoms with Crippen LogP contribution in [-0.2, 0) is 16.3 Å². The molecular weight excluding hydrogens is 449 g/mol. The molecule has 1 atom stereocenters. The lowest BCUT2D eigenvalue weighted by Gasteiger charge is -2.12. The van der Waals surface area contributed by atoms with Gasteiger partial charge in [-0.25, -0.2) is 17.5 Å². The zero-order valence-corrected chi connectivity index (χ0v) is 18.9. The molecule has 1 amide bonds. The Labute approximate surface area is 190 Å². The van der Waals surface area contributed by atoms with Crippen molar-refractivity contribution in [1.29, 1.82) is 0 Å². The summed E-state index contributed by atoms with van der Waals surface area (Å²) < 4.78 is 49.7. The van der Waals surface area contributed by atoms with Crippen molar-refractivity contribution in [3.63, 3.8) is 0 Å². The summed E-state index contributed by atoms with van der Waals surface area (Å²) in [5.41, 5.74) is 4.01. The van der Waals surface area contributed by atoms with E-state index < -0.39 is 21.8 Å². The Kier molecular flexibility index (Phi) is 5.12. The number of sulfone groups is 1. The molecule has 2 aliphatic rings. The Bertz CT molecular complexity index is 1370. The van der Waals surface area contributed by atoms with E-state index in [2.05, 4.69) is 10.4 Å². The van der Waals surface area contributed by atoms with Gasteiger partial charge in [-0.05, 0) is 48.4 Å². The van der Waals surface area contributed by atoms with Crippen LogP contribution in [0.3, 0.4) is 0 Å². The van der Waals surface area contributed by atoms with Gasteiger partial charge in [0.2, 0.25) is 0 Å². The third-order valence-electron chi connectivity index (χ3n) is 6.07. The first-order valence-corrected chi connectivity index (χ1v) is 12.3. The van der Waals surface area contributed by atoms with Crippen LogP contribution in [0.15, 0.2) is 36.4 Å². The van der Waals surface area contributed by atoms with Crippen molar-refractivity contribution in [2.24, 2.45) is 0 Å². The molecule has 1 aliphatic carbocycles. The molecule has 8 nitrogen and oxygen atoms in total. The number of carbonyl (C=O) groups excluding carboxylic acids is 1. The molecule has 1 unspecified atom stereocenters. The van der Waals surface area contributed by atoms with Gasteiger partial charge in [0.25, 0.3) is 5.91 Å². The second-order valence-corrected chi connectivity index (χ2v) is 10.4. The van der Waals surface area contributed by atoms with Crippen LogP contribution >= 0.6 is 0 Å². The maximum Gasteiger partial charge on any atom is 0.272 e. The smallest absolute Gasteiger partial charge is 0.272 e. The van der Waals surface area contributed by atoms with E-state index in [1.807, 2.05) is 12.1 Å². The predicted molar refractivity (Wildman–Crippen MR) is 119 cm³/mol. The molecule has 33 heavy (non-hydrogen) atoms. The number of nitrogens with zero attached hydrogens (tertiary/aromatic N) is 2. The molecule has 0 saturated carbocycles. The van der Waals surface area contributed by atoms with E-state index in [9.17, 15) is 17.6 Å². The van der Waals surface area contributed by atoms with Crippen LogP contribution in [0, 0.1) is 5.82 Å². The number of halogens is 1. The number of hydrogen-bond acceptors (Lipinski definition) is 6. The molecule has 10 heteroatoms. The lowest BCUT2D eigenvalue weighted by Crippen LogP contribution is -2.36. The minimum atomic E-state index is -3.14. The number of rotatable bonds is 5. The molecule has 2 heterocycles. The van der Waals surface area contributed by atoms with Crippen LogP contribution in [0.2, 0.25) is 0 Å². The molecule has 1 fully saturated rings. The lowest BCUT2D eigenvalue weighted by molar-refractivity contribution is 0.0935. The summed E-state index contributed by atoms with van der Waals surface area (Å²) >= 11 is 0. The highest BCUT2D eigenvalue weighted by Gasteiger charge is 2.35. The van der Waals surface area contributed by atoms with E-state index in [1.165, 1.54) is 12.1 Å². The van der Waals surface area contributed by atoms with Crippen molar-refractivity contribution in [2.45, 2.75) is 18.9 Å². The Morgan fingerprint density at radius 1 is 1.15 bits per heavy atom. The second-order valence-electron chi connectivity index (χ2n) is 8.18. The molecule has 1 saturated heterocycles. The van der Waals surface area contributed by atoms with Crippen molar-refractivity contribution < 1.29 is 27.1 Å². The van der Waals surface area contributed by atoms with E-state index in [4.69, 9.17) is 9.47 Å². The van der Waals surface area contributed by atoms with Gasteiger partial charge in [-0.15, -0.1) is 0 Å². The lowest BCUT2D eigenvalue weighted by atomic mass is 10.1. The van der Waals surface area contributed by atoms with Gasteiger partial charge in [0.05, 0.1) is 37.1 Å². The van der Waals surface area contributed by atoms with E-state index >= 15 is 0 Å². The molecule has 0 bridgehead atoms. The first kappa shape index (κ1) is 21.4. The number of methoxy groups -OCH3 is 2. The monoisotopic (exact) mass is 471 g/mol. The fraction of sp³-hybridized carbons (Fsp3) is 0.304. The van der Waals surface area contributed by atoms with Gasteiger partial charge in [0.15, 0.2) is 27.0 Å². The molecule has 0 spiro atoms. The largest absolute Gasteiger partial charge is 0.493 e. The summed E-state index contributed by atoms with van der Waals surface area (Å²) in [4.78, 5) is 13.2. The fourth-order valence-electron chi connectivity index (χ4n) is 4.49. The van der Waals surface area contributed by atoms with Crippen LogP contribution in [0.1, 0.15) is 28.0 Å². The van der Waals surface area contributed by atoms with E-state index in [0.717, 1.165) is 11.1 Å². The van der Waals surface area contributed by atoms with Gasteiger partial charge in [0, 0.05) is 23.6 Å². The highest BCUT2D eigenvalue weighted by molar-refractivity contribution is 7.91. The third kappa shape index (κ3) is 3.74. The third-order valence-corrected chi connectivity index (χ3v) is 7.84. The molecule has 1 aromatic heterocycles. The number of aromatic nitrogens is 2. The Morgan fingerprint density at radius 2 is 1.85 bits per heavy atom. The van der Waals surface area contributed by atoms with Crippen molar-refractivity contribution in [3.05, 3.63) is 59.0 Å². The van der Waals surface area contributed by atoms with Gasteiger partial charge in [-0.2, -0.15) is 5.10 Å². The van der Waals surface area contributed by atoms with E-state index in [1.54, 1.807) is 31.0 Å². The molecular formula is C23H22FN3O5S. The Hall–Kier alpha value is -3.40. The number of hydrogen-bond donors (Lipinski definition) is 1. The zero-order chi connectivity index (χ0) is 23.3. The average Bonchev–Trinajstić information content (AvgIpc) is 3.44. The quantitative estimate of drug-likeness (QED) is 0.480. The van der Waals surface area contributed by atoms with Crippen LogP contribution in [0.4, 0.5) is 4.39 Å². The van der Waals surface area contributed by atoms with Crippen molar-refractivity contribution in [2.75, 3.05) is 25.7 Å². The highest BCUT2D eigenvalue weighted by Crippen LogP contribution is 2.44. The van der Waals surface area contributed by atoms with Crippen LogP contribution in [0.5, 0.6) is 11.5 Å². The van der Waals surface area contributed by atoms with Gasteiger partial charge in [0.1, 0.15) is 5.82 Å². The minimum absolute atomic E-state index is 0.0606. The normalized spacial score (nSPS) is 18.0. The predicted octanol–water partition coefficient (Wildman–Crippen LogP) is 2.52. The summed E-state index contributed by atoms with van der Waals surface area (Å²) in [6.45, 7) is 0. The summed E-state index contributed by atoms with van der Waals surface area (Å²) in [7, 11) is -0.0352. The summed E-state index contributed by atoms with van der Waals surface area (Å²) in [5.74, 6) is 0.290. The van der Waals surface area contributed by atoms with Gasteiger partial charge in [-0.1, -0.05) is 0 Å². The van der Waals surface area contributed by atoms with Crippen molar-refractivity contribution in [1.82, 2.24) is 15.1 Å². The maximum atomic E-state index is 13.5. The van der Waals surface area contributed by atoms with Gasteiger partial charge < -0.3 is 14.8 Å². The first-order valence-electron chi connectivity index (χ1n) is 10.4. The summed E-state index contributed by atoms with van der Waals surface area (Å²) in [6, 6.07) is 9.10. The molecule has 1 aliphatic heterocycles. The molecule has 5 rings (SSSR count). The molecule has 3 aromatic rings. The zero-order valence-electron chi connectivity index (χ0n) is 18.1. The topological polar surface area (TPSA) is 99.5 Å². The molecule has 1 N–H and O–H groups in total. The van der Waals surface area contributed by atoms with Crippen LogP contribution in [0.25, 0.3) is 16.9 Å². The number of nitrogens with one attached hydrogen (secondary N) is 1. The number of benzene rings is 2. The average molecular weight is 472 g/mol. The number of amides is 1.